The van der Waals surface area contributed by atoms with Crippen LogP contribution in [-0.2, 0) is 9.53 Å². The molecule has 1 amide bonds. The monoisotopic (exact) mass is 457 g/mol. The lowest BCUT2D eigenvalue weighted by Crippen LogP contribution is -2.72. The van der Waals surface area contributed by atoms with E-state index in [2.05, 4.69) is 10.6 Å². The fraction of sp³-hybridized carbons (Fsp3) is 0.391. The van der Waals surface area contributed by atoms with Crippen LogP contribution in [-0.4, -0.2) is 56.1 Å². The molecule has 0 saturated carbocycles. The molecule has 0 aromatic heterocycles. The fourth-order valence-electron chi connectivity index (χ4n) is 4.36. The Morgan fingerprint density at radius 1 is 1.16 bits per heavy atom. The van der Waals surface area contributed by atoms with Gasteiger partial charge in [-0.1, -0.05) is 0 Å². The first-order chi connectivity index (χ1) is 15.4. The molecule has 8 nitrogen and oxygen atoms in total. The van der Waals surface area contributed by atoms with Crippen LogP contribution in [0.3, 0.4) is 0 Å². The molecule has 2 aromatic rings. The third-order valence-electron chi connectivity index (χ3n) is 6.00. The van der Waals surface area contributed by atoms with E-state index in [1.54, 1.807) is 45.6 Å². The predicted octanol–water partition coefficient (Wildman–Crippen LogP) is 2.94. The summed E-state index contributed by atoms with van der Waals surface area (Å²) in [6.45, 7) is 2.81. The number of nitrogens with one attached hydrogen (secondary N) is 2. The van der Waals surface area contributed by atoms with Crippen molar-refractivity contribution < 1.29 is 23.7 Å². The zero-order valence-corrected chi connectivity index (χ0v) is 19.3. The third-order valence-corrected chi connectivity index (χ3v) is 6.34. The largest absolute Gasteiger partial charge is 0.497 e. The number of hydrogen-bond acceptors (Lipinski definition) is 6. The Hall–Kier alpha value is -3.04. The maximum absolute atomic E-state index is 13.6. The van der Waals surface area contributed by atoms with Crippen molar-refractivity contribution >= 4 is 28.9 Å². The van der Waals surface area contributed by atoms with E-state index >= 15 is 0 Å². The molecule has 2 aromatic carbocycles. The SMILES string of the molecule is COCCN1C(=S)NC2c3cc(OC)ccc3OC1(C)C2C(=O)Nc1ccc(OC)cc1. The second-order valence-electron chi connectivity index (χ2n) is 7.83. The van der Waals surface area contributed by atoms with Crippen molar-refractivity contribution in [2.45, 2.75) is 18.7 Å². The zero-order valence-electron chi connectivity index (χ0n) is 18.5. The van der Waals surface area contributed by atoms with Gasteiger partial charge in [0.05, 0.1) is 26.9 Å². The van der Waals surface area contributed by atoms with Crippen molar-refractivity contribution in [1.82, 2.24) is 10.2 Å². The van der Waals surface area contributed by atoms with Crippen molar-refractivity contribution in [1.29, 1.82) is 0 Å². The molecule has 0 aliphatic carbocycles. The summed E-state index contributed by atoms with van der Waals surface area (Å²) in [5.74, 6) is 1.29. The first-order valence-electron chi connectivity index (χ1n) is 10.3. The quantitative estimate of drug-likeness (QED) is 0.615. The molecule has 9 heteroatoms. The summed E-state index contributed by atoms with van der Waals surface area (Å²) in [5.41, 5.74) is 0.481. The van der Waals surface area contributed by atoms with Crippen LogP contribution in [0.5, 0.6) is 17.2 Å². The Morgan fingerprint density at radius 2 is 1.84 bits per heavy atom. The van der Waals surface area contributed by atoms with Crippen molar-refractivity contribution in [3.8, 4) is 17.2 Å². The molecule has 2 bridgehead atoms. The highest BCUT2D eigenvalue weighted by molar-refractivity contribution is 7.80. The van der Waals surface area contributed by atoms with Gasteiger partial charge in [0.2, 0.25) is 5.91 Å². The van der Waals surface area contributed by atoms with E-state index in [1.807, 2.05) is 30.0 Å². The van der Waals surface area contributed by atoms with Crippen LogP contribution in [0, 0.1) is 5.92 Å². The molecule has 0 radical (unpaired) electrons. The Labute approximate surface area is 192 Å². The van der Waals surface area contributed by atoms with Crippen LogP contribution < -0.4 is 24.8 Å². The summed E-state index contributed by atoms with van der Waals surface area (Å²) in [7, 11) is 4.83. The van der Waals surface area contributed by atoms with Gasteiger partial charge in [0, 0.05) is 24.9 Å². The van der Waals surface area contributed by atoms with Gasteiger partial charge in [-0.05, 0) is 61.6 Å². The number of fused-ring (bicyclic) bond motifs is 4. The molecular weight excluding hydrogens is 430 g/mol. The standard InChI is InChI=1S/C23H27N3O5S/c1-23-19(21(27)24-14-5-7-15(29-3)8-6-14)20(25-22(32)26(23)11-12-28-2)17-13-16(30-4)9-10-18(17)31-23/h5-10,13,19-20H,11-12H2,1-4H3,(H,24,27)(H,25,32). The second kappa shape index (κ2) is 8.84. The van der Waals surface area contributed by atoms with Gasteiger partial charge >= 0.3 is 0 Å². The number of rotatable bonds is 7. The average molecular weight is 458 g/mol. The molecule has 2 aliphatic heterocycles. The Balaban J connectivity index is 1.73. The van der Waals surface area contributed by atoms with Crippen LogP contribution in [0.2, 0.25) is 0 Å². The molecule has 0 spiro atoms. The number of amides is 1. The topological polar surface area (TPSA) is 81.3 Å². The highest BCUT2D eigenvalue weighted by Gasteiger charge is 2.58. The fourth-order valence-corrected chi connectivity index (χ4v) is 4.76. The average Bonchev–Trinajstić information content (AvgIpc) is 2.78. The van der Waals surface area contributed by atoms with E-state index in [0.717, 1.165) is 5.56 Å². The number of carbonyl (C=O) groups excluding carboxylic acids is 1. The van der Waals surface area contributed by atoms with Crippen molar-refractivity contribution in [2.24, 2.45) is 5.92 Å². The lowest BCUT2D eigenvalue weighted by atomic mass is 9.78. The number of benzene rings is 2. The smallest absolute Gasteiger partial charge is 0.236 e. The number of hydrogen-bond donors (Lipinski definition) is 2. The minimum Gasteiger partial charge on any atom is -0.497 e. The number of thiocarbonyl (C=S) groups is 1. The van der Waals surface area contributed by atoms with E-state index in [9.17, 15) is 4.79 Å². The van der Waals surface area contributed by atoms with Gasteiger partial charge < -0.3 is 34.5 Å². The van der Waals surface area contributed by atoms with E-state index in [0.29, 0.717) is 41.2 Å². The first kappa shape index (κ1) is 22.2. The molecule has 1 saturated heterocycles. The number of anilines is 1. The molecule has 3 atom stereocenters. The zero-order chi connectivity index (χ0) is 22.9. The Bertz CT molecular complexity index is 1020. The normalized spacial score (nSPS) is 23.5. The van der Waals surface area contributed by atoms with Crippen LogP contribution in [0.15, 0.2) is 42.5 Å². The molecule has 1 fully saturated rings. The summed E-state index contributed by atoms with van der Waals surface area (Å²) in [4.78, 5) is 15.5. The Morgan fingerprint density at radius 3 is 2.50 bits per heavy atom. The summed E-state index contributed by atoms with van der Waals surface area (Å²) < 4.78 is 22.4. The lowest BCUT2D eigenvalue weighted by molar-refractivity contribution is -0.150. The number of ether oxygens (including phenoxy) is 4. The van der Waals surface area contributed by atoms with Crippen molar-refractivity contribution in [3.05, 3.63) is 48.0 Å². The van der Waals surface area contributed by atoms with Gasteiger partial charge in [-0.15, -0.1) is 0 Å². The van der Waals surface area contributed by atoms with Crippen molar-refractivity contribution in [3.63, 3.8) is 0 Å². The molecule has 2 N–H and O–H groups in total. The van der Waals surface area contributed by atoms with Crippen LogP contribution in [0.25, 0.3) is 0 Å². The maximum Gasteiger partial charge on any atom is 0.236 e. The van der Waals surface area contributed by atoms with E-state index in [-0.39, 0.29) is 11.9 Å². The molecule has 3 unspecified atom stereocenters. The van der Waals surface area contributed by atoms with Gasteiger partial charge in [-0.25, -0.2) is 0 Å². The number of methoxy groups -OCH3 is 3. The number of nitrogens with zero attached hydrogens (tertiary/aromatic N) is 1. The van der Waals surface area contributed by atoms with E-state index in [1.165, 1.54) is 0 Å². The summed E-state index contributed by atoms with van der Waals surface area (Å²) in [6.07, 6.45) is 0. The molecule has 4 rings (SSSR count). The summed E-state index contributed by atoms with van der Waals surface area (Å²) in [6, 6.07) is 12.4. The highest BCUT2D eigenvalue weighted by Crippen LogP contribution is 2.49. The van der Waals surface area contributed by atoms with E-state index in [4.69, 9.17) is 31.2 Å². The number of carbonyl (C=O) groups is 1. The van der Waals surface area contributed by atoms with Gasteiger partial charge in [0.15, 0.2) is 10.8 Å². The second-order valence-corrected chi connectivity index (χ2v) is 8.21. The molecule has 170 valence electrons. The van der Waals surface area contributed by atoms with Gasteiger partial charge in [-0.3, -0.25) is 4.79 Å². The summed E-state index contributed by atoms with van der Waals surface area (Å²) >= 11 is 5.66. The summed E-state index contributed by atoms with van der Waals surface area (Å²) in [5, 5.41) is 6.89. The van der Waals surface area contributed by atoms with Crippen LogP contribution in [0.4, 0.5) is 5.69 Å². The lowest BCUT2D eigenvalue weighted by Gasteiger charge is -2.56. The van der Waals surface area contributed by atoms with Gasteiger partial charge in [-0.2, -0.15) is 0 Å². The Kier molecular flexibility index (Phi) is 6.12. The minimum atomic E-state index is -1.01. The molecule has 2 aliphatic rings. The third kappa shape index (κ3) is 3.82. The predicted molar refractivity (Wildman–Crippen MR) is 124 cm³/mol. The van der Waals surface area contributed by atoms with Crippen molar-refractivity contribution in [2.75, 3.05) is 39.8 Å². The van der Waals surface area contributed by atoms with Gasteiger partial charge in [0.1, 0.15) is 23.2 Å². The van der Waals surface area contributed by atoms with Gasteiger partial charge in [0.25, 0.3) is 0 Å². The van der Waals surface area contributed by atoms with E-state index < -0.39 is 11.6 Å². The van der Waals surface area contributed by atoms with Crippen LogP contribution in [0.1, 0.15) is 18.5 Å². The van der Waals surface area contributed by atoms with Crippen LogP contribution >= 0.6 is 12.2 Å². The maximum atomic E-state index is 13.6. The minimum absolute atomic E-state index is 0.187. The molecule has 2 heterocycles. The highest BCUT2D eigenvalue weighted by atomic mass is 32.1. The molecular formula is C23H27N3O5S. The molecule has 32 heavy (non-hydrogen) atoms. The first-order valence-corrected chi connectivity index (χ1v) is 10.7.